The monoisotopic (exact) mass is 408 g/mol. The van der Waals surface area contributed by atoms with Crippen molar-refractivity contribution in [2.24, 2.45) is 0 Å². The van der Waals surface area contributed by atoms with Crippen molar-refractivity contribution in [2.75, 3.05) is 29.7 Å². The molecule has 1 atom stereocenters. The van der Waals surface area contributed by atoms with Crippen LogP contribution in [-0.2, 0) is 13.1 Å². The summed E-state index contributed by atoms with van der Waals surface area (Å²) in [5, 5.41) is 19.1. The molecular formula is C22H28N6O2. The highest BCUT2D eigenvalue weighted by atomic mass is 16.5. The Hall–Kier alpha value is -3.39. The van der Waals surface area contributed by atoms with Gasteiger partial charge < -0.3 is 25.8 Å². The van der Waals surface area contributed by atoms with Crippen LogP contribution in [0.3, 0.4) is 0 Å². The predicted octanol–water partition coefficient (Wildman–Crippen LogP) is 3.29. The molecule has 0 radical (unpaired) electrons. The Morgan fingerprint density at radius 2 is 1.50 bits per heavy atom. The lowest BCUT2D eigenvalue weighted by atomic mass is 10.2. The summed E-state index contributed by atoms with van der Waals surface area (Å²) in [6, 6.07) is 17.7. The van der Waals surface area contributed by atoms with Gasteiger partial charge in [0.05, 0.1) is 19.8 Å². The smallest absolute Gasteiger partial charge is 0.229 e. The van der Waals surface area contributed by atoms with Gasteiger partial charge in [0.2, 0.25) is 17.8 Å². The van der Waals surface area contributed by atoms with Gasteiger partial charge in [0.25, 0.3) is 0 Å². The first-order valence-electron chi connectivity index (χ1n) is 9.98. The lowest BCUT2D eigenvalue weighted by Gasteiger charge is -2.16. The summed E-state index contributed by atoms with van der Waals surface area (Å²) in [5.74, 6) is 2.11. The third-order valence-corrected chi connectivity index (χ3v) is 4.56. The minimum absolute atomic E-state index is 0.00152. The Balaban J connectivity index is 1.75. The van der Waals surface area contributed by atoms with E-state index in [1.807, 2.05) is 61.5 Å². The number of nitrogens with one attached hydrogen (secondary N) is 3. The molecule has 0 unspecified atom stereocenters. The molecule has 8 nitrogen and oxygen atoms in total. The highest BCUT2D eigenvalue weighted by Gasteiger charge is 2.11. The van der Waals surface area contributed by atoms with Crippen molar-refractivity contribution in [1.29, 1.82) is 0 Å². The normalized spacial score (nSPS) is 11.6. The maximum Gasteiger partial charge on any atom is 0.229 e. The lowest BCUT2D eigenvalue weighted by Crippen LogP contribution is -2.24. The summed E-state index contributed by atoms with van der Waals surface area (Å²) in [6.45, 7) is 3.12. The molecule has 0 spiro atoms. The average molecular weight is 409 g/mol. The van der Waals surface area contributed by atoms with E-state index in [4.69, 9.17) is 4.74 Å². The zero-order chi connectivity index (χ0) is 21.2. The summed E-state index contributed by atoms with van der Waals surface area (Å²) < 4.78 is 5.27. The molecule has 2 aromatic carbocycles. The minimum atomic E-state index is -0.124. The van der Waals surface area contributed by atoms with Crippen molar-refractivity contribution in [1.82, 2.24) is 15.0 Å². The van der Waals surface area contributed by atoms with E-state index in [-0.39, 0.29) is 12.6 Å². The van der Waals surface area contributed by atoms with Crippen LogP contribution in [0.4, 0.5) is 17.8 Å². The van der Waals surface area contributed by atoms with E-state index in [9.17, 15) is 5.11 Å². The molecular weight excluding hydrogens is 380 g/mol. The number of anilines is 3. The summed E-state index contributed by atoms with van der Waals surface area (Å²) in [7, 11) is 1.65. The van der Waals surface area contributed by atoms with Gasteiger partial charge in [0, 0.05) is 13.1 Å². The largest absolute Gasteiger partial charge is 0.497 e. The molecule has 4 N–H and O–H groups in total. The molecule has 1 aromatic heterocycles. The second-order valence-electron chi connectivity index (χ2n) is 6.78. The zero-order valence-corrected chi connectivity index (χ0v) is 17.3. The van der Waals surface area contributed by atoms with Gasteiger partial charge in [-0.05, 0) is 29.7 Å². The van der Waals surface area contributed by atoms with Gasteiger partial charge >= 0.3 is 0 Å². The number of hydrogen-bond donors (Lipinski definition) is 4. The second kappa shape index (κ2) is 11.0. The van der Waals surface area contributed by atoms with Crippen LogP contribution in [-0.4, -0.2) is 39.8 Å². The van der Waals surface area contributed by atoms with Gasteiger partial charge in [-0.25, -0.2) is 0 Å². The summed E-state index contributed by atoms with van der Waals surface area (Å²) in [6.07, 6.45) is 0.752. The number of hydrogen-bond acceptors (Lipinski definition) is 8. The van der Waals surface area contributed by atoms with Crippen LogP contribution in [0.1, 0.15) is 24.5 Å². The minimum Gasteiger partial charge on any atom is -0.497 e. The zero-order valence-electron chi connectivity index (χ0n) is 17.3. The molecule has 0 amide bonds. The van der Waals surface area contributed by atoms with Crippen LogP contribution in [0.15, 0.2) is 54.6 Å². The van der Waals surface area contributed by atoms with Crippen LogP contribution < -0.4 is 20.7 Å². The topological polar surface area (TPSA) is 104 Å². The fraction of sp³-hybridized carbons (Fsp3) is 0.318. The fourth-order valence-electron chi connectivity index (χ4n) is 2.80. The van der Waals surface area contributed by atoms with E-state index in [2.05, 4.69) is 30.9 Å². The Kier molecular flexibility index (Phi) is 7.79. The molecule has 30 heavy (non-hydrogen) atoms. The molecule has 0 bridgehead atoms. The molecule has 1 heterocycles. The van der Waals surface area contributed by atoms with Crippen molar-refractivity contribution >= 4 is 17.8 Å². The number of aliphatic hydroxyl groups is 1. The molecule has 0 saturated heterocycles. The first-order chi connectivity index (χ1) is 14.7. The lowest BCUT2D eigenvalue weighted by molar-refractivity contribution is 0.271. The van der Waals surface area contributed by atoms with E-state index in [0.29, 0.717) is 30.9 Å². The number of aliphatic hydroxyl groups excluding tert-OH is 1. The number of ether oxygens (including phenoxy) is 1. The number of methoxy groups -OCH3 is 1. The van der Waals surface area contributed by atoms with E-state index in [1.54, 1.807) is 7.11 Å². The summed E-state index contributed by atoms with van der Waals surface area (Å²) in [5.41, 5.74) is 2.17. The first kappa shape index (κ1) is 21.3. The van der Waals surface area contributed by atoms with Crippen molar-refractivity contribution in [3.63, 3.8) is 0 Å². The van der Waals surface area contributed by atoms with E-state index in [0.717, 1.165) is 23.3 Å². The third kappa shape index (κ3) is 6.31. The standard InChI is InChI=1S/C22H28N6O2/c1-3-18(15-29)25-22-27-20(23-13-16-8-5-4-6-9-16)26-21(28-22)24-14-17-10-7-11-19(12-17)30-2/h4-12,18,29H,3,13-15H2,1-2H3,(H3,23,24,25,26,27,28)/t18-/m1/s1. The maximum atomic E-state index is 9.50. The van der Waals surface area contributed by atoms with Gasteiger partial charge in [0.1, 0.15) is 5.75 Å². The molecule has 158 valence electrons. The summed E-state index contributed by atoms with van der Waals surface area (Å²) in [4.78, 5) is 13.4. The summed E-state index contributed by atoms with van der Waals surface area (Å²) >= 11 is 0. The number of aromatic nitrogens is 3. The molecule has 0 aliphatic heterocycles. The van der Waals surface area contributed by atoms with Crippen LogP contribution in [0.25, 0.3) is 0 Å². The van der Waals surface area contributed by atoms with Crippen LogP contribution in [0.5, 0.6) is 5.75 Å². The molecule has 0 aliphatic rings. The van der Waals surface area contributed by atoms with Crippen molar-refractivity contribution in [3.8, 4) is 5.75 Å². The molecule has 0 saturated carbocycles. The maximum absolute atomic E-state index is 9.50. The average Bonchev–Trinajstić information content (AvgIpc) is 2.80. The van der Waals surface area contributed by atoms with Gasteiger partial charge in [-0.1, -0.05) is 49.4 Å². The third-order valence-electron chi connectivity index (χ3n) is 4.56. The fourth-order valence-corrected chi connectivity index (χ4v) is 2.80. The Labute approximate surface area is 176 Å². The van der Waals surface area contributed by atoms with Gasteiger partial charge in [-0.15, -0.1) is 0 Å². The Morgan fingerprint density at radius 1 is 0.867 bits per heavy atom. The van der Waals surface area contributed by atoms with Crippen molar-refractivity contribution < 1.29 is 9.84 Å². The highest BCUT2D eigenvalue weighted by molar-refractivity contribution is 5.43. The van der Waals surface area contributed by atoms with E-state index >= 15 is 0 Å². The van der Waals surface area contributed by atoms with Crippen LogP contribution >= 0.6 is 0 Å². The number of nitrogens with zero attached hydrogens (tertiary/aromatic N) is 3. The molecule has 0 fully saturated rings. The van der Waals surface area contributed by atoms with Crippen molar-refractivity contribution in [3.05, 3.63) is 65.7 Å². The van der Waals surface area contributed by atoms with Gasteiger partial charge in [0.15, 0.2) is 0 Å². The molecule has 3 aromatic rings. The van der Waals surface area contributed by atoms with Crippen molar-refractivity contribution in [2.45, 2.75) is 32.5 Å². The van der Waals surface area contributed by atoms with Crippen LogP contribution in [0, 0.1) is 0 Å². The van der Waals surface area contributed by atoms with E-state index in [1.165, 1.54) is 0 Å². The predicted molar refractivity (Wildman–Crippen MR) is 119 cm³/mol. The van der Waals surface area contributed by atoms with Crippen LogP contribution in [0.2, 0.25) is 0 Å². The quantitative estimate of drug-likeness (QED) is 0.383. The molecule has 3 rings (SSSR count). The Morgan fingerprint density at radius 3 is 2.13 bits per heavy atom. The van der Waals surface area contributed by atoms with E-state index < -0.39 is 0 Å². The SMILES string of the molecule is CC[C@H](CO)Nc1nc(NCc2ccccc2)nc(NCc2cccc(OC)c2)n1. The Bertz CT molecular complexity index is 919. The molecule has 8 heteroatoms. The molecule has 0 aliphatic carbocycles. The highest BCUT2D eigenvalue weighted by Crippen LogP contribution is 2.16. The number of rotatable bonds is 11. The second-order valence-corrected chi connectivity index (χ2v) is 6.78. The first-order valence-corrected chi connectivity index (χ1v) is 9.98. The van der Waals surface area contributed by atoms with Gasteiger partial charge in [-0.3, -0.25) is 0 Å². The van der Waals surface area contributed by atoms with Gasteiger partial charge in [-0.2, -0.15) is 15.0 Å². The number of benzene rings is 2.